The summed E-state index contributed by atoms with van der Waals surface area (Å²) in [4.78, 5) is 12.4. The van der Waals surface area contributed by atoms with Gasteiger partial charge in [-0.25, -0.2) is 0 Å². The first-order valence-corrected chi connectivity index (χ1v) is 9.58. The molecule has 0 N–H and O–H groups in total. The predicted molar refractivity (Wildman–Crippen MR) is 92.8 cm³/mol. The van der Waals surface area contributed by atoms with Crippen molar-refractivity contribution in [1.82, 2.24) is 0 Å². The Morgan fingerprint density at radius 1 is 1.29 bits per heavy atom. The van der Waals surface area contributed by atoms with E-state index in [0.717, 1.165) is 22.8 Å². The molecule has 0 heterocycles. The molecule has 0 aromatic heterocycles. The third kappa shape index (κ3) is 5.27. The van der Waals surface area contributed by atoms with E-state index in [1.54, 1.807) is 29.6 Å². The average molecular weight is 365 g/mol. The first kappa shape index (κ1) is 17.3. The lowest BCUT2D eigenvalue weighted by Gasteiger charge is -2.30. The summed E-state index contributed by atoms with van der Waals surface area (Å²) < 4.78 is 4.72. The van der Waals surface area contributed by atoms with Crippen LogP contribution >= 0.6 is 46.7 Å². The van der Waals surface area contributed by atoms with Crippen LogP contribution in [0, 0.1) is 0 Å². The fourth-order valence-corrected chi connectivity index (χ4v) is 5.67. The van der Waals surface area contributed by atoms with Gasteiger partial charge in [0, 0.05) is 20.4 Å². The van der Waals surface area contributed by atoms with Crippen molar-refractivity contribution >= 4 is 52.7 Å². The molecule has 0 radical (unpaired) electrons. The smallest absolute Gasteiger partial charge is 0.315 e. The summed E-state index contributed by atoms with van der Waals surface area (Å²) in [6, 6.07) is 5.56. The topological polar surface area (TPSA) is 26.3 Å². The third-order valence-corrected chi connectivity index (χ3v) is 7.16. The van der Waals surface area contributed by atoms with Gasteiger partial charge in [0.1, 0.15) is 0 Å². The number of hydrogen-bond acceptors (Lipinski definition) is 4. The molecular weight excluding hydrogens is 347 g/mol. The Hall–Kier alpha value is -0.0300. The van der Waals surface area contributed by atoms with Gasteiger partial charge in [-0.15, -0.1) is 23.5 Å². The molecule has 0 amide bonds. The van der Waals surface area contributed by atoms with Crippen LogP contribution in [0.4, 0.5) is 0 Å². The summed E-state index contributed by atoms with van der Waals surface area (Å²) in [5, 5.41) is 2.37. The first-order valence-electron chi connectivity index (χ1n) is 6.90. The number of ether oxygens (including phenoxy) is 1. The number of rotatable bonds is 5. The van der Waals surface area contributed by atoms with Gasteiger partial charge in [-0.05, 0) is 31.0 Å². The van der Waals surface area contributed by atoms with E-state index in [0.29, 0.717) is 21.3 Å². The van der Waals surface area contributed by atoms with Crippen LogP contribution in [-0.4, -0.2) is 29.3 Å². The van der Waals surface area contributed by atoms with E-state index in [9.17, 15) is 4.79 Å². The van der Waals surface area contributed by atoms with Crippen LogP contribution in [0.15, 0.2) is 23.1 Å². The molecule has 1 aromatic carbocycles. The predicted octanol–water partition coefficient (Wildman–Crippen LogP) is 5.30. The zero-order valence-electron chi connectivity index (χ0n) is 11.8. The average Bonchev–Trinajstić information content (AvgIpc) is 2.49. The second-order valence-corrected chi connectivity index (χ2v) is 8.29. The molecule has 116 valence electrons. The second-order valence-electron chi connectivity index (χ2n) is 4.94. The van der Waals surface area contributed by atoms with E-state index < -0.39 is 0 Å². The molecule has 1 fully saturated rings. The maximum absolute atomic E-state index is 11.3. The van der Waals surface area contributed by atoms with Crippen LogP contribution in [0.2, 0.25) is 10.0 Å². The second kappa shape index (κ2) is 8.56. The molecule has 6 heteroatoms. The summed E-state index contributed by atoms with van der Waals surface area (Å²) >= 11 is 15.8. The normalized spacial score (nSPS) is 22.0. The fraction of sp³-hybridized carbons (Fsp3) is 0.533. The van der Waals surface area contributed by atoms with Crippen molar-refractivity contribution in [3.8, 4) is 0 Å². The Morgan fingerprint density at radius 2 is 2.00 bits per heavy atom. The minimum atomic E-state index is -0.157. The number of carbonyl (C=O) groups is 1. The summed E-state index contributed by atoms with van der Waals surface area (Å²) in [6.07, 6.45) is 4.73. The van der Waals surface area contributed by atoms with Crippen molar-refractivity contribution < 1.29 is 9.53 Å². The van der Waals surface area contributed by atoms with E-state index in [-0.39, 0.29) is 5.97 Å². The largest absolute Gasteiger partial charge is 0.468 e. The highest BCUT2D eigenvalue weighted by Crippen LogP contribution is 2.42. The number of esters is 1. The fourth-order valence-electron chi connectivity index (χ4n) is 2.35. The van der Waals surface area contributed by atoms with Crippen molar-refractivity contribution in [2.45, 2.75) is 41.1 Å². The summed E-state index contributed by atoms with van der Waals surface area (Å²) in [7, 11) is 1.43. The highest BCUT2D eigenvalue weighted by atomic mass is 35.5. The Bertz CT molecular complexity index is 497. The summed E-state index contributed by atoms with van der Waals surface area (Å²) in [5.41, 5.74) is 0. The standard InChI is InChI=1S/C15H18Cl2O2S2/c1-19-15(18)9-20-12-4-2-3-5-13(12)21-14-8-10(16)6-7-11(14)17/h6-8,12-13H,2-5,9H2,1H3. The molecule has 2 unspecified atom stereocenters. The van der Waals surface area contributed by atoms with Crippen molar-refractivity contribution in [3.05, 3.63) is 28.2 Å². The molecule has 2 rings (SSSR count). The molecule has 21 heavy (non-hydrogen) atoms. The van der Waals surface area contributed by atoms with E-state index >= 15 is 0 Å². The summed E-state index contributed by atoms with van der Waals surface area (Å²) in [6.45, 7) is 0. The zero-order chi connectivity index (χ0) is 15.2. The van der Waals surface area contributed by atoms with Crippen LogP contribution in [0.3, 0.4) is 0 Å². The van der Waals surface area contributed by atoms with Crippen LogP contribution < -0.4 is 0 Å². The zero-order valence-corrected chi connectivity index (χ0v) is 15.0. The molecule has 1 aliphatic carbocycles. The maximum atomic E-state index is 11.3. The van der Waals surface area contributed by atoms with Crippen molar-refractivity contribution in [2.24, 2.45) is 0 Å². The number of hydrogen-bond donors (Lipinski definition) is 0. The third-order valence-electron chi connectivity index (χ3n) is 3.46. The minimum Gasteiger partial charge on any atom is -0.468 e. The van der Waals surface area contributed by atoms with Gasteiger partial charge < -0.3 is 4.74 Å². The number of carbonyl (C=O) groups excluding carboxylic acids is 1. The highest BCUT2D eigenvalue weighted by molar-refractivity contribution is 8.04. The monoisotopic (exact) mass is 364 g/mol. The van der Waals surface area contributed by atoms with Crippen molar-refractivity contribution in [3.63, 3.8) is 0 Å². The molecule has 1 aliphatic rings. The van der Waals surface area contributed by atoms with Gasteiger partial charge in [0.2, 0.25) is 0 Å². The molecule has 2 atom stereocenters. The Kier molecular flexibility index (Phi) is 7.06. The van der Waals surface area contributed by atoms with E-state index in [1.807, 2.05) is 12.1 Å². The molecule has 1 aromatic rings. The van der Waals surface area contributed by atoms with Crippen LogP contribution in [0.5, 0.6) is 0 Å². The SMILES string of the molecule is COC(=O)CSC1CCCCC1Sc1cc(Cl)ccc1Cl. The maximum Gasteiger partial charge on any atom is 0.315 e. The summed E-state index contributed by atoms with van der Waals surface area (Å²) in [5.74, 6) is 0.261. The Balaban J connectivity index is 2.01. The lowest BCUT2D eigenvalue weighted by Crippen LogP contribution is -2.25. The van der Waals surface area contributed by atoms with Crippen LogP contribution in [0.25, 0.3) is 0 Å². The Labute approximate surface area is 144 Å². The van der Waals surface area contributed by atoms with Gasteiger partial charge in [0.05, 0.1) is 17.9 Å². The molecule has 0 bridgehead atoms. The van der Waals surface area contributed by atoms with E-state index in [1.165, 1.54) is 20.0 Å². The molecular formula is C15H18Cl2O2S2. The number of thioether (sulfide) groups is 2. The highest BCUT2D eigenvalue weighted by Gasteiger charge is 2.27. The number of methoxy groups -OCH3 is 1. The quantitative estimate of drug-likeness (QED) is 0.661. The first-order chi connectivity index (χ1) is 10.1. The van der Waals surface area contributed by atoms with E-state index in [2.05, 4.69) is 0 Å². The molecule has 0 aliphatic heterocycles. The van der Waals surface area contributed by atoms with Crippen LogP contribution in [-0.2, 0) is 9.53 Å². The van der Waals surface area contributed by atoms with Gasteiger partial charge in [-0.1, -0.05) is 36.0 Å². The minimum absolute atomic E-state index is 0.157. The lowest BCUT2D eigenvalue weighted by molar-refractivity contribution is -0.137. The molecule has 2 nitrogen and oxygen atoms in total. The molecule has 1 saturated carbocycles. The van der Waals surface area contributed by atoms with Crippen molar-refractivity contribution in [1.29, 1.82) is 0 Å². The van der Waals surface area contributed by atoms with Gasteiger partial charge in [-0.3, -0.25) is 4.79 Å². The van der Waals surface area contributed by atoms with Gasteiger partial charge in [-0.2, -0.15) is 0 Å². The number of halogens is 2. The number of benzene rings is 1. The molecule has 0 spiro atoms. The van der Waals surface area contributed by atoms with Gasteiger partial charge in [0.15, 0.2) is 0 Å². The van der Waals surface area contributed by atoms with E-state index in [4.69, 9.17) is 27.9 Å². The van der Waals surface area contributed by atoms with Crippen LogP contribution in [0.1, 0.15) is 25.7 Å². The Morgan fingerprint density at radius 3 is 2.71 bits per heavy atom. The molecule has 0 saturated heterocycles. The lowest BCUT2D eigenvalue weighted by atomic mass is 10.00. The van der Waals surface area contributed by atoms with Gasteiger partial charge in [0.25, 0.3) is 0 Å². The van der Waals surface area contributed by atoms with Gasteiger partial charge >= 0.3 is 5.97 Å². The van der Waals surface area contributed by atoms with Crippen molar-refractivity contribution in [2.75, 3.05) is 12.9 Å².